The number of carbonyl (C=O) groups excluding carboxylic acids is 1. The number of nitrogens with zero attached hydrogens (tertiary/aromatic N) is 6. The second-order valence-electron chi connectivity index (χ2n) is 8.01. The number of rotatable bonds is 6. The van der Waals surface area contributed by atoms with Crippen molar-refractivity contribution in [3.63, 3.8) is 0 Å². The van der Waals surface area contributed by atoms with E-state index in [0.29, 0.717) is 29.9 Å². The van der Waals surface area contributed by atoms with Gasteiger partial charge in [0.25, 0.3) is 0 Å². The van der Waals surface area contributed by atoms with Crippen LogP contribution in [0, 0.1) is 12.8 Å². The van der Waals surface area contributed by atoms with Crippen molar-refractivity contribution < 1.29 is 4.79 Å². The summed E-state index contributed by atoms with van der Waals surface area (Å²) in [6.07, 6.45) is 5.52. The molecule has 0 fully saturated rings. The molecule has 0 bridgehead atoms. The van der Waals surface area contributed by atoms with Crippen molar-refractivity contribution in [1.82, 2.24) is 24.7 Å². The van der Waals surface area contributed by atoms with E-state index in [1.165, 1.54) is 0 Å². The zero-order valence-corrected chi connectivity index (χ0v) is 18.7. The maximum atomic E-state index is 12.5. The van der Waals surface area contributed by atoms with Gasteiger partial charge in [-0.1, -0.05) is 31.5 Å². The first-order valence-electron chi connectivity index (χ1n) is 10.1. The predicted octanol–water partition coefficient (Wildman–Crippen LogP) is 3.10. The normalized spacial score (nSPS) is 15.7. The van der Waals surface area contributed by atoms with Crippen LogP contribution in [0.5, 0.6) is 0 Å². The molecule has 0 spiro atoms. The van der Waals surface area contributed by atoms with Crippen LogP contribution in [0.15, 0.2) is 30.7 Å². The Morgan fingerprint density at radius 1 is 1.23 bits per heavy atom. The van der Waals surface area contributed by atoms with Gasteiger partial charge < -0.3 is 15.5 Å². The van der Waals surface area contributed by atoms with E-state index in [4.69, 9.17) is 11.6 Å². The number of amides is 1. The highest BCUT2D eigenvalue weighted by molar-refractivity contribution is 6.29. The van der Waals surface area contributed by atoms with Crippen molar-refractivity contribution in [2.75, 3.05) is 22.6 Å². The number of pyridine rings is 1. The van der Waals surface area contributed by atoms with Crippen LogP contribution in [0.25, 0.3) is 0 Å². The largest absolute Gasteiger partial charge is 0.350 e. The Labute approximate surface area is 185 Å². The van der Waals surface area contributed by atoms with Gasteiger partial charge in [-0.15, -0.1) is 0 Å². The van der Waals surface area contributed by atoms with Crippen molar-refractivity contribution in [3.8, 4) is 0 Å². The van der Waals surface area contributed by atoms with Crippen molar-refractivity contribution in [1.29, 1.82) is 0 Å². The first kappa shape index (κ1) is 21.0. The Kier molecular flexibility index (Phi) is 5.77. The minimum absolute atomic E-state index is 0.0271. The van der Waals surface area contributed by atoms with Crippen molar-refractivity contribution >= 4 is 35.0 Å². The third-order valence-electron chi connectivity index (χ3n) is 5.24. The molecular weight excluding hydrogens is 416 g/mol. The van der Waals surface area contributed by atoms with Gasteiger partial charge in [-0.25, -0.2) is 9.97 Å². The topological polar surface area (TPSA) is 101 Å². The molecular formula is C21H25ClN8O. The lowest BCUT2D eigenvalue weighted by atomic mass is 9.99. The predicted molar refractivity (Wildman–Crippen MR) is 120 cm³/mol. The van der Waals surface area contributed by atoms with Gasteiger partial charge >= 0.3 is 0 Å². The van der Waals surface area contributed by atoms with Gasteiger partial charge in [0.15, 0.2) is 5.82 Å². The number of hydrogen-bond acceptors (Lipinski definition) is 7. The van der Waals surface area contributed by atoms with Gasteiger partial charge in [-0.3, -0.25) is 9.48 Å². The molecule has 162 valence electrons. The summed E-state index contributed by atoms with van der Waals surface area (Å²) in [6.45, 7) is 7.06. The SMILES string of the molecule is Cc1nc(NCc2cnn(Cc3ccc(Cl)nc3)c2)nc2c1NC(=O)[C@H](C(C)C)N2C. The van der Waals surface area contributed by atoms with E-state index in [0.717, 1.165) is 22.6 Å². The van der Waals surface area contributed by atoms with E-state index in [1.54, 1.807) is 12.3 Å². The minimum atomic E-state index is -0.268. The fraction of sp³-hybridized carbons (Fsp3) is 0.381. The molecule has 0 saturated heterocycles. The van der Waals surface area contributed by atoms with Crippen LogP contribution in [0.4, 0.5) is 17.5 Å². The van der Waals surface area contributed by atoms with Gasteiger partial charge in [0.2, 0.25) is 11.9 Å². The maximum Gasteiger partial charge on any atom is 0.247 e. The lowest BCUT2D eigenvalue weighted by Crippen LogP contribution is -2.49. The molecule has 3 aromatic rings. The van der Waals surface area contributed by atoms with Crippen LogP contribution in [0.2, 0.25) is 5.15 Å². The number of aromatic nitrogens is 5. The van der Waals surface area contributed by atoms with Crippen molar-refractivity contribution in [2.45, 2.75) is 39.9 Å². The lowest BCUT2D eigenvalue weighted by Gasteiger charge is -2.36. The van der Waals surface area contributed by atoms with E-state index < -0.39 is 0 Å². The molecule has 0 radical (unpaired) electrons. The number of hydrogen-bond donors (Lipinski definition) is 2. The van der Waals surface area contributed by atoms with E-state index in [9.17, 15) is 4.79 Å². The van der Waals surface area contributed by atoms with Crippen molar-refractivity contribution in [3.05, 3.63) is 52.7 Å². The summed E-state index contributed by atoms with van der Waals surface area (Å²) >= 11 is 5.84. The van der Waals surface area contributed by atoms with Crippen LogP contribution < -0.4 is 15.5 Å². The zero-order valence-electron chi connectivity index (χ0n) is 17.9. The molecule has 0 unspecified atom stereocenters. The number of anilines is 3. The molecule has 2 N–H and O–H groups in total. The molecule has 0 aliphatic carbocycles. The molecule has 1 aliphatic heterocycles. The standard InChI is InChI=1S/C21H25ClN8O/c1-12(2)18-20(31)27-17-13(3)26-21(28-19(17)29(18)4)24-8-15-9-25-30(11-15)10-14-5-6-16(22)23-7-14/h5-7,9,11-12,18H,8,10H2,1-4H3,(H,27,31)(H,24,26,28)/t18-/m0/s1. The van der Waals surface area contributed by atoms with Crippen LogP contribution in [-0.4, -0.2) is 43.7 Å². The Bertz CT molecular complexity index is 1100. The molecule has 4 heterocycles. The molecule has 1 atom stereocenters. The Morgan fingerprint density at radius 2 is 2.03 bits per heavy atom. The third kappa shape index (κ3) is 4.46. The summed E-state index contributed by atoms with van der Waals surface area (Å²) < 4.78 is 1.84. The number of carbonyl (C=O) groups is 1. The van der Waals surface area contributed by atoms with Gasteiger partial charge in [0.05, 0.1) is 18.4 Å². The molecule has 4 rings (SSSR count). The molecule has 10 heteroatoms. The van der Waals surface area contributed by atoms with E-state index in [1.807, 2.05) is 55.9 Å². The molecule has 1 aliphatic rings. The Hall–Kier alpha value is -3.20. The van der Waals surface area contributed by atoms with Crippen LogP contribution >= 0.6 is 11.6 Å². The second kappa shape index (κ2) is 8.50. The molecule has 0 aromatic carbocycles. The fourth-order valence-electron chi connectivity index (χ4n) is 3.75. The lowest BCUT2D eigenvalue weighted by molar-refractivity contribution is -0.118. The second-order valence-corrected chi connectivity index (χ2v) is 8.40. The van der Waals surface area contributed by atoms with E-state index in [-0.39, 0.29) is 17.9 Å². The zero-order chi connectivity index (χ0) is 22.1. The van der Waals surface area contributed by atoms with Gasteiger partial charge in [-0.2, -0.15) is 10.1 Å². The average molecular weight is 441 g/mol. The molecule has 3 aromatic heterocycles. The van der Waals surface area contributed by atoms with Gasteiger partial charge in [0.1, 0.15) is 16.9 Å². The van der Waals surface area contributed by atoms with E-state index >= 15 is 0 Å². The molecule has 1 amide bonds. The van der Waals surface area contributed by atoms with Gasteiger partial charge in [0, 0.05) is 31.5 Å². The minimum Gasteiger partial charge on any atom is -0.350 e. The smallest absolute Gasteiger partial charge is 0.247 e. The number of fused-ring (bicyclic) bond motifs is 1. The Balaban J connectivity index is 1.46. The number of halogens is 1. The highest BCUT2D eigenvalue weighted by Gasteiger charge is 2.35. The number of aryl methyl sites for hydroxylation is 1. The summed E-state index contributed by atoms with van der Waals surface area (Å²) in [6, 6.07) is 3.43. The number of likely N-dealkylation sites (N-methyl/N-ethyl adjacent to an activating group) is 1. The highest BCUT2D eigenvalue weighted by Crippen LogP contribution is 2.34. The maximum absolute atomic E-state index is 12.5. The highest BCUT2D eigenvalue weighted by atomic mass is 35.5. The molecule has 9 nitrogen and oxygen atoms in total. The third-order valence-corrected chi connectivity index (χ3v) is 5.46. The Morgan fingerprint density at radius 3 is 2.74 bits per heavy atom. The fourth-order valence-corrected chi connectivity index (χ4v) is 3.86. The summed E-state index contributed by atoms with van der Waals surface area (Å²) in [4.78, 5) is 27.7. The quantitative estimate of drug-likeness (QED) is 0.568. The van der Waals surface area contributed by atoms with Crippen molar-refractivity contribution in [2.24, 2.45) is 5.92 Å². The van der Waals surface area contributed by atoms with Crippen LogP contribution in [0.1, 0.15) is 30.7 Å². The number of nitrogens with one attached hydrogen (secondary N) is 2. The summed E-state index contributed by atoms with van der Waals surface area (Å²) in [5.41, 5.74) is 3.41. The van der Waals surface area contributed by atoms with Gasteiger partial charge in [-0.05, 0) is 24.5 Å². The monoisotopic (exact) mass is 440 g/mol. The first-order chi connectivity index (χ1) is 14.8. The summed E-state index contributed by atoms with van der Waals surface area (Å²) in [7, 11) is 1.90. The summed E-state index contributed by atoms with van der Waals surface area (Å²) in [5.74, 6) is 1.36. The summed E-state index contributed by atoms with van der Waals surface area (Å²) in [5, 5.41) is 11.1. The average Bonchev–Trinajstić information content (AvgIpc) is 3.16. The molecule has 31 heavy (non-hydrogen) atoms. The van der Waals surface area contributed by atoms with Crippen LogP contribution in [-0.2, 0) is 17.9 Å². The van der Waals surface area contributed by atoms with Crippen LogP contribution in [0.3, 0.4) is 0 Å². The molecule has 0 saturated carbocycles. The van der Waals surface area contributed by atoms with E-state index in [2.05, 4.69) is 30.7 Å². The first-order valence-corrected chi connectivity index (χ1v) is 10.5.